The van der Waals surface area contributed by atoms with Crippen molar-refractivity contribution in [2.45, 2.75) is 83.3 Å². The third-order valence-electron chi connectivity index (χ3n) is 10.5. The second-order valence-electron chi connectivity index (χ2n) is 11.9. The van der Waals surface area contributed by atoms with E-state index in [9.17, 15) is 9.59 Å². The molecule has 0 amide bonds. The summed E-state index contributed by atoms with van der Waals surface area (Å²) in [5.41, 5.74) is 2.56. The Morgan fingerprint density at radius 1 is 1.19 bits per heavy atom. The van der Waals surface area contributed by atoms with E-state index in [0.717, 1.165) is 43.9 Å². The van der Waals surface area contributed by atoms with E-state index < -0.39 is 0 Å². The third kappa shape index (κ3) is 2.11. The summed E-state index contributed by atoms with van der Waals surface area (Å²) < 4.78 is 12.6. The van der Waals surface area contributed by atoms with E-state index in [0.29, 0.717) is 17.6 Å². The van der Waals surface area contributed by atoms with Gasteiger partial charge in [-0.1, -0.05) is 13.0 Å². The molecule has 2 heterocycles. The number of ketones is 1. The van der Waals surface area contributed by atoms with E-state index in [2.05, 4.69) is 17.9 Å². The Bertz CT molecular complexity index is 1060. The summed E-state index contributed by atoms with van der Waals surface area (Å²) in [7, 11) is 0. The minimum atomic E-state index is -0.310. The van der Waals surface area contributed by atoms with Crippen molar-refractivity contribution in [3.63, 3.8) is 0 Å². The van der Waals surface area contributed by atoms with Gasteiger partial charge in [-0.3, -0.25) is 14.5 Å². The third-order valence-corrected chi connectivity index (χ3v) is 10.5. The molecule has 4 bridgehead atoms. The highest BCUT2D eigenvalue weighted by Crippen LogP contribution is 2.78. The first-order valence-corrected chi connectivity index (χ1v) is 12.6. The number of Topliss-reactive ketones (excluding diaryl/α,β-unsaturated/α-hetero) is 1. The van der Waals surface area contributed by atoms with Crippen molar-refractivity contribution in [3.8, 4) is 11.5 Å². The predicted molar refractivity (Wildman–Crippen MR) is 119 cm³/mol. The van der Waals surface area contributed by atoms with Crippen molar-refractivity contribution in [3.05, 3.63) is 23.3 Å². The van der Waals surface area contributed by atoms with E-state index in [-0.39, 0.29) is 34.2 Å². The van der Waals surface area contributed by atoms with Crippen molar-refractivity contribution >= 4 is 11.8 Å². The SMILES string of the molecule is CC(=O)Oc1ccc2c3c1O[C@H]1C4(C)CCC5(C[C@@H]4C(C)=O)C(C2)N(CC2CC2)CC[C@]315. The van der Waals surface area contributed by atoms with Gasteiger partial charge < -0.3 is 9.47 Å². The van der Waals surface area contributed by atoms with Crippen LogP contribution in [0.5, 0.6) is 11.5 Å². The second kappa shape index (κ2) is 5.97. The Hall–Kier alpha value is -1.88. The van der Waals surface area contributed by atoms with Gasteiger partial charge in [0.25, 0.3) is 0 Å². The Kier molecular flexibility index (Phi) is 3.65. The highest BCUT2D eigenvalue weighted by Gasteiger charge is 2.79. The summed E-state index contributed by atoms with van der Waals surface area (Å²) in [5.74, 6) is 2.29. The monoisotopic (exact) mass is 435 g/mol. The van der Waals surface area contributed by atoms with Gasteiger partial charge in [-0.05, 0) is 76.0 Å². The topological polar surface area (TPSA) is 55.8 Å². The maximum Gasteiger partial charge on any atom is 0.308 e. The molecule has 0 N–H and O–H groups in total. The maximum absolute atomic E-state index is 13.0. The van der Waals surface area contributed by atoms with Gasteiger partial charge in [-0.2, -0.15) is 0 Å². The Morgan fingerprint density at radius 3 is 2.72 bits per heavy atom. The number of carbonyl (C=O) groups is 2. The molecule has 0 radical (unpaired) electrons. The summed E-state index contributed by atoms with van der Waals surface area (Å²) in [4.78, 5) is 27.7. The Balaban J connectivity index is 1.47. The fourth-order valence-corrected chi connectivity index (χ4v) is 9.18. The highest BCUT2D eigenvalue weighted by atomic mass is 16.6. The summed E-state index contributed by atoms with van der Waals surface area (Å²) in [5, 5.41) is 0. The molecular formula is C27H33NO4. The van der Waals surface area contributed by atoms with E-state index >= 15 is 0 Å². The van der Waals surface area contributed by atoms with Crippen LogP contribution in [0.4, 0.5) is 0 Å². The first-order chi connectivity index (χ1) is 15.3. The van der Waals surface area contributed by atoms with E-state index in [1.165, 1.54) is 43.9 Å². The lowest BCUT2D eigenvalue weighted by Crippen LogP contribution is -2.78. The maximum atomic E-state index is 13.0. The number of rotatable bonds is 4. The van der Waals surface area contributed by atoms with Gasteiger partial charge in [0.1, 0.15) is 11.9 Å². The van der Waals surface area contributed by atoms with Crippen LogP contribution in [-0.2, 0) is 21.4 Å². The van der Waals surface area contributed by atoms with Crippen LogP contribution in [0, 0.1) is 22.7 Å². The van der Waals surface area contributed by atoms with Crippen LogP contribution in [0.15, 0.2) is 12.1 Å². The zero-order valence-electron chi connectivity index (χ0n) is 19.4. The van der Waals surface area contributed by atoms with Gasteiger partial charge in [0.2, 0.25) is 0 Å². The summed E-state index contributed by atoms with van der Waals surface area (Å²) in [6.45, 7) is 7.87. The molecule has 5 nitrogen and oxygen atoms in total. The molecule has 1 aromatic rings. The molecule has 2 aliphatic heterocycles. The van der Waals surface area contributed by atoms with Gasteiger partial charge in [0.15, 0.2) is 11.5 Å². The normalized spacial score (nSPS) is 42.9. The molecule has 5 fully saturated rings. The van der Waals surface area contributed by atoms with E-state index in [1.54, 1.807) is 6.92 Å². The largest absolute Gasteiger partial charge is 0.485 e. The molecule has 170 valence electrons. The predicted octanol–water partition coefficient (Wildman–Crippen LogP) is 4.05. The standard InChI is InChI=1S/C27H33NO4/c1-15(29)19-13-26-9-8-25(19,3)24-27(26)10-11-28(14-17-4-5-17)21(26)12-18-6-7-20(31-16(2)30)23(32-24)22(18)27/h6-7,17,19,21,24H,4-5,8-14H2,1-3H3/t19-,21?,24+,25?,26?,27+/m1/s1. The average molecular weight is 436 g/mol. The number of hydrogen-bond acceptors (Lipinski definition) is 5. The molecule has 5 heteroatoms. The number of ether oxygens (including phenoxy) is 2. The number of nitrogens with zero attached hydrogens (tertiary/aromatic N) is 1. The van der Waals surface area contributed by atoms with Crippen LogP contribution in [0.3, 0.4) is 0 Å². The lowest BCUT2D eigenvalue weighted by Gasteiger charge is -2.73. The van der Waals surface area contributed by atoms with Gasteiger partial charge in [0.05, 0.1) is 0 Å². The fraction of sp³-hybridized carbons (Fsp3) is 0.704. The number of likely N-dealkylation sites (tertiary alicyclic amines) is 1. The summed E-state index contributed by atoms with van der Waals surface area (Å²) >= 11 is 0. The van der Waals surface area contributed by atoms with Crippen molar-refractivity contribution in [1.29, 1.82) is 0 Å². The Labute approximate surface area is 189 Å². The molecule has 7 aliphatic rings. The molecule has 1 saturated heterocycles. The molecule has 4 saturated carbocycles. The minimum absolute atomic E-state index is 0.0114. The molecule has 32 heavy (non-hydrogen) atoms. The van der Waals surface area contributed by atoms with Crippen LogP contribution in [0.1, 0.15) is 70.4 Å². The van der Waals surface area contributed by atoms with Crippen molar-refractivity contribution in [2.24, 2.45) is 22.7 Å². The number of fused-ring (bicyclic) bond motifs is 2. The van der Waals surface area contributed by atoms with E-state index in [1.807, 2.05) is 6.07 Å². The summed E-state index contributed by atoms with van der Waals surface area (Å²) in [6, 6.07) is 4.61. The van der Waals surface area contributed by atoms with Crippen LogP contribution in [-0.4, -0.2) is 41.9 Å². The molecule has 2 spiro atoms. The van der Waals surface area contributed by atoms with Crippen molar-refractivity contribution in [2.75, 3.05) is 13.1 Å². The quantitative estimate of drug-likeness (QED) is 0.528. The first-order valence-electron chi connectivity index (χ1n) is 12.6. The second-order valence-corrected chi connectivity index (χ2v) is 11.9. The average Bonchev–Trinajstić information content (AvgIpc) is 3.48. The number of piperidine rings is 1. The number of carbonyl (C=O) groups excluding carboxylic acids is 2. The molecule has 0 aromatic heterocycles. The Morgan fingerprint density at radius 2 is 2.00 bits per heavy atom. The molecule has 8 rings (SSSR count). The van der Waals surface area contributed by atoms with Crippen LogP contribution in [0.2, 0.25) is 0 Å². The van der Waals surface area contributed by atoms with Crippen LogP contribution >= 0.6 is 0 Å². The zero-order chi connectivity index (χ0) is 22.0. The number of esters is 1. The van der Waals surface area contributed by atoms with Gasteiger partial charge in [-0.15, -0.1) is 0 Å². The lowest BCUT2D eigenvalue weighted by molar-refractivity contribution is -0.231. The van der Waals surface area contributed by atoms with Gasteiger partial charge in [-0.25, -0.2) is 0 Å². The smallest absolute Gasteiger partial charge is 0.308 e. The van der Waals surface area contributed by atoms with Crippen molar-refractivity contribution < 1.29 is 19.1 Å². The van der Waals surface area contributed by atoms with Gasteiger partial charge >= 0.3 is 5.97 Å². The first kappa shape index (κ1) is 19.6. The molecule has 1 aromatic carbocycles. The molecule has 3 unspecified atom stereocenters. The highest BCUT2D eigenvalue weighted by molar-refractivity contribution is 5.81. The number of benzene rings is 1. The lowest BCUT2D eigenvalue weighted by atomic mass is 9.32. The van der Waals surface area contributed by atoms with Crippen LogP contribution < -0.4 is 9.47 Å². The fourth-order valence-electron chi connectivity index (χ4n) is 9.18. The zero-order valence-corrected chi connectivity index (χ0v) is 19.4. The number of hydrogen-bond donors (Lipinski definition) is 0. The summed E-state index contributed by atoms with van der Waals surface area (Å²) in [6.07, 6.45) is 8.05. The van der Waals surface area contributed by atoms with E-state index in [4.69, 9.17) is 9.47 Å². The van der Waals surface area contributed by atoms with Crippen LogP contribution in [0.25, 0.3) is 0 Å². The molecule has 5 aliphatic carbocycles. The molecular weight excluding hydrogens is 402 g/mol. The molecule has 6 atom stereocenters. The van der Waals surface area contributed by atoms with Crippen molar-refractivity contribution in [1.82, 2.24) is 4.90 Å². The minimum Gasteiger partial charge on any atom is -0.485 e. The van der Waals surface area contributed by atoms with Gasteiger partial charge in [0, 0.05) is 47.2 Å².